The molecule has 0 saturated heterocycles. The number of hydrogen-bond donors (Lipinski definition) is 2. The standard InChI is InChI=1S/C15H17N3O2/c1-10-8-13(17-9-12(10)16)18-14(15(19)20-2)11-6-4-3-5-7-11/h3-9,14H,16H2,1-2H3,(H,17,18). The van der Waals surface area contributed by atoms with E-state index in [-0.39, 0.29) is 5.97 Å². The summed E-state index contributed by atoms with van der Waals surface area (Å²) in [7, 11) is 1.36. The molecule has 5 nitrogen and oxygen atoms in total. The van der Waals surface area contributed by atoms with Gasteiger partial charge in [0.15, 0.2) is 6.04 Å². The Morgan fingerprint density at radius 2 is 2.05 bits per heavy atom. The molecule has 0 bridgehead atoms. The number of aromatic nitrogens is 1. The van der Waals surface area contributed by atoms with Crippen molar-refractivity contribution in [2.75, 3.05) is 18.2 Å². The summed E-state index contributed by atoms with van der Waals surface area (Å²) in [5, 5.41) is 3.07. The van der Waals surface area contributed by atoms with Gasteiger partial charge in [-0.1, -0.05) is 30.3 Å². The van der Waals surface area contributed by atoms with Crippen molar-refractivity contribution in [1.29, 1.82) is 0 Å². The lowest BCUT2D eigenvalue weighted by Crippen LogP contribution is -2.22. The molecule has 0 aliphatic heterocycles. The van der Waals surface area contributed by atoms with Gasteiger partial charge in [0.2, 0.25) is 0 Å². The molecule has 0 amide bonds. The Labute approximate surface area is 117 Å². The van der Waals surface area contributed by atoms with Crippen molar-refractivity contribution in [3.05, 3.63) is 53.7 Å². The lowest BCUT2D eigenvalue weighted by atomic mass is 10.1. The van der Waals surface area contributed by atoms with Crippen molar-refractivity contribution in [2.24, 2.45) is 0 Å². The number of carbonyl (C=O) groups is 1. The molecule has 1 atom stereocenters. The van der Waals surface area contributed by atoms with Gasteiger partial charge in [-0.3, -0.25) is 0 Å². The third-order valence-corrected chi connectivity index (χ3v) is 3.01. The van der Waals surface area contributed by atoms with E-state index in [0.717, 1.165) is 11.1 Å². The summed E-state index contributed by atoms with van der Waals surface area (Å²) < 4.78 is 4.84. The van der Waals surface area contributed by atoms with E-state index in [1.165, 1.54) is 7.11 Å². The Morgan fingerprint density at radius 1 is 1.35 bits per heavy atom. The highest BCUT2D eigenvalue weighted by molar-refractivity contribution is 5.80. The Bertz CT molecular complexity index is 599. The minimum Gasteiger partial charge on any atom is -0.467 e. The number of benzene rings is 1. The second kappa shape index (κ2) is 6.06. The largest absolute Gasteiger partial charge is 0.467 e. The summed E-state index contributed by atoms with van der Waals surface area (Å²) in [5.74, 6) is 0.212. The van der Waals surface area contributed by atoms with Gasteiger partial charge in [-0.25, -0.2) is 9.78 Å². The van der Waals surface area contributed by atoms with E-state index in [4.69, 9.17) is 10.5 Å². The topological polar surface area (TPSA) is 77.2 Å². The van der Waals surface area contributed by atoms with Crippen LogP contribution in [0.1, 0.15) is 17.2 Å². The molecular weight excluding hydrogens is 254 g/mol. The molecule has 104 valence electrons. The second-order valence-corrected chi connectivity index (χ2v) is 4.44. The number of esters is 1. The first-order valence-corrected chi connectivity index (χ1v) is 6.23. The van der Waals surface area contributed by atoms with Crippen molar-refractivity contribution in [3.63, 3.8) is 0 Å². The van der Waals surface area contributed by atoms with Crippen LogP contribution in [0, 0.1) is 6.92 Å². The van der Waals surface area contributed by atoms with Crippen LogP contribution in [-0.2, 0) is 9.53 Å². The van der Waals surface area contributed by atoms with Crippen LogP contribution in [0.3, 0.4) is 0 Å². The van der Waals surface area contributed by atoms with Crippen LogP contribution < -0.4 is 11.1 Å². The fourth-order valence-corrected chi connectivity index (χ4v) is 1.84. The highest BCUT2D eigenvalue weighted by Gasteiger charge is 2.21. The molecule has 1 aromatic heterocycles. The molecule has 0 aliphatic carbocycles. The summed E-state index contributed by atoms with van der Waals surface area (Å²) >= 11 is 0. The SMILES string of the molecule is COC(=O)C(Nc1cc(C)c(N)cn1)c1ccccc1. The van der Waals surface area contributed by atoms with Gasteiger partial charge in [0.25, 0.3) is 0 Å². The predicted octanol–water partition coefficient (Wildman–Crippen LogP) is 2.30. The number of anilines is 2. The summed E-state index contributed by atoms with van der Waals surface area (Å²) in [6.07, 6.45) is 1.57. The first kappa shape index (κ1) is 13.9. The number of methoxy groups -OCH3 is 1. The molecule has 0 aliphatic rings. The van der Waals surface area contributed by atoms with Gasteiger partial charge >= 0.3 is 5.97 Å². The van der Waals surface area contributed by atoms with E-state index in [1.807, 2.05) is 37.3 Å². The number of nitrogens with one attached hydrogen (secondary N) is 1. The molecule has 2 aromatic rings. The molecule has 0 radical (unpaired) electrons. The number of aryl methyl sites for hydroxylation is 1. The maximum atomic E-state index is 11.9. The third-order valence-electron chi connectivity index (χ3n) is 3.01. The smallest absolute Gasteiger partial charge is 0.333 e. The first-order chi connectivity index (χ1) is 9.61. The number of carbonyl (C=O) groups excluding carboxylic acids is 1. The van der Waals surface area contributed by atoms with Crippen LogP contribution >= 0.6 is 0 Å². The van der Waals surface area contributed by atoms with Crippen LogP contribution in [0.15, 0.2) is 42.6 Å². The van der Waals surface area contributed by atoms with Crippen molar-refractivity contribution in [2.45, 2.75) is 13.0 Å². The summed E-state index contributed by atoms with van der Waals surface area (Å²) in [4.78, 5) is 16.1. The number of nitrogen functional groups attached to an aromatic ring is 1. The van der Waals surface area contributed by atoms with Crippen molar-refractivity contribution < 1.29 is 9.53 Å². The predicted molar refractivity (Wildman–Crippen MR) is 78.2 cm³/mol. The number of nitrogens with two attached hydrogens (primary N) is 1. The minimum absolute atomic E-state index is 0.368. The normalized spacial score (nSPS) is 11.7. The maximum Gasteiger partial charge on any atom is 0.333 e. The fraction of sp³-hybridized carbons (Fsp3) is 0.200. The van der Waals surface area contributed by atoms with E-state index in [2.05, 4.69) is 10.3 Å². The Balaban J connectivity index is 2.28. The molecular formula is C15H17N3O2. The average Bonchev–Trinajstić information content (AvgIpc) is 2.48. The number of ether oxygens (including phenoxy) is 1. The van der Waals surface area contributed by atoms with E-state index < -0.39 is 6.04 Å². The molecule has 5 heteroatoms. The van der Waals surface area contributed by atoms with Gasteiger partial charge in [-0.05, 0) is 24.1 Å². The Morgan fingerprint density at radius 3 is 2.65 bits per heavy atom. The molecule has 1 heterocycles. The zero-order chi connectivity index (χ0) is 14.5. The lowest BCUT2D eigenvalue weighted by Gasteiger charge is -2.17. The zero-order valence-electron chi connectivity index (χ0n) is 11.5. The van der Waals surface area contributed by atoms with E-state index in [9.17, 15) is 4.79 Å². The molecule has 1 aromatic carbocycles. The van der Waals surface area contributed by atoms with Crippen LogP contribution in [0.2, 0.25) is 0 Å². The third kappa shape index (κ3) is 3.06. The summed E-state index contributed by atoms with van der Waals surface area (Å²) in [5.41, 5.74) is 8.07. The van der Waals surface area contributed by atoms with Crippen LogP contribution in [0.25, 0.3) is 0 Å². The van der Waals surface area contributed by atoms with Gasteiger partial charge in [0, 0.05) is 0 Å². The van der Waals surface area contributed by atoms with E-state index >= 15 is 0 Å². The van der Waals surface area contributed by atoms with E-state index in [0.29, 0.717) is 11.5 Å². The zero-order valence-corrected chi connectivity index (χ0v) is 11.5. The number of hydrogen-bond acceptors (Lipinski definition) is 5. The maximum absolute atomic E-state index is 11.9. The highest BCUT2D eigenvalue weighted by atomic mass is 16.5. The van der Waals surface area contributed by atoms with Gasteiger partial charge in [-0.2, -0.15) is 0 Å². The van der Waals surface area contributed by atoms with E-state index in [1.54, 1.807) is 12.3 Å². The van der Waals surface area contributed by atoms with Crippen LogP contribution in [0.5, 0.6) is 0 Å². The van der Waals surface area contributed by atoms with Gasteiger partial charge in [0.1, 0.15) is 5.82 Å². The Kier molecular flexibility index (Phi) is 4.20. The number of pyridine rings is 1. The van der Waals surface area contributed by atoms with Gasteiger partial charge in [-0.15, -0.1) is 0 Å². The molecule has 20 heavy (non-hydrogen) atoms. The monoisotopic (exact) mass is 271 g/mol. The summed E-state index contributed by atoms with van der Waals surface area (Å²) in [6.45, 7) is 1.89. The second-order valence-electron chi connectivity index (χ2n) is 4.44. The van der Waals surface area contributed by atoms with Crippen molar-refractivity contribution >= 4 is 17.5 Å². The minimum atomic E-state index is -0.600. The highest BCUT2D eigenvalue weighted by Crippen LogP contribution is 2.21. The molecule has 0 fully saturated rings. The fourth-order valence-electron chi connectivity index (χ4n) is 1.84. The van der Waals surface area contributed by atoms with Gasteiger partial charge < -0.3 is 15.8 Å². The van der Waals surface area contributed by atoms with Crippen LogP contribution in [-0.4, -0.2) is 18.1 Å². The molecule has 1 unspecified atom stereocenters. The molecule has 3 N–H and O–H groups in total. The average molecular weight is 271 g/mol. The van der Waals surface area contributed by atoms with Crippen molar-refractivity contribution in [3.8, 4) is 0 Å². The van der Waals surface area contributed by atoms with Crippen LogP contribution in [0.4, 0.5) is 11.5 Å². The quantitative estimate of drug-likeness (QED) is 0.834. The molecule has 0 spiro atoms. The lowest BCUT2D eigenvalue weighted by molar-refractivity contribution is -0.141. The Hall–Kier alpha value is -2.56. The number of nitrogens with zero attached hydrogens (tertiary/aromatic N) is 1. The van der Waals surface area contributed by atoms with Gasteiger partial charge in [0.05, 0.1) is 19.0 Å². The molecule has 0 saturated carbocycles. The summed E-state index contributed by atoms with van der Waals surface area (Å²) in [6, 6.07) is 10.6. The van der Waals surface area contributed by atoms with Crippen molar-refractivity contribution in [1.82, 2.24) is 4.98 Å². The first-order valence-electron chi connectivity index (χ1n) is 6.23. The molecule has 2 rings (SSSR count). The number of rotatable bonds is 4.